The molecule has 4 aromatic rings. The highest BCUT2D eigenvalue weighted by Gasteiger charge is 2.07. The molecule has 0 aliphatic carbocycles. The molecule has 4 heteroatoms. The third kappa shape index (κ3) is 4.87. The Morgan fingerprint density at radius 2 is 1.59 bits per heavy atom. The van der Waals surface area contributed by atoms with Gasteiger partial charge in [0.25, 0.3) is 0 Å². The molecular formula is C25H19NO3. The van der Waals surface area contributed by atoms with Crippen molar-refractivity contribution < 1.29 is 14.1 Å². The summed E-state index contributed by atoms with van der Waals surface area (Å²) in [6.45, 7) is 0.265. The second kappa shape index (κ2) is 8.85. The Balaban J connectivity index is 1.34. The summed E-state index contributed by atoms with van der Waals surface area (Å²) in [4.78, 5) is 12.3. The summed E-state index contributed by atoms with van der Waals surface area (Å²) >= 11 is 0. The number of benzene rings is 3. The largest absolute Gasteiger partial charge is 0.486 e. The van der Waals surface area contributed by atoms with Crippen LogP contribution in [0, 0.1) is 0 Å². The highest BCUT2D eigenvalue weighted by molar-refractivity contribution is 6.06. The van der Waals surface area contributed by atoms with Crippen molar-refractivity contribution in [3.05, 3.63) is 114 Å². The Hall–Kier alpha value is -3.92. The zero-order valence-corrected chi connectivity index (χ0v) is 15.7. The van der Waals surface area contributed by atoms with Crippen LogP contribution < -0.4 is 4.74 Å². The maximum Gasteiger partial charge on any atom is 0.185 e. The summed E-state index contributed by atoms with van der Waals surface area (Å²) in [5.41, 5.74) is 3.36. The van der Waals surface area contributed by atoms with Gasteiger partial charge < -0.3 is 9.26 Å². The van der Waals surface area contributed by atoms with Crippen LogP contribution in [0.5, 0.6) is 5.75 Å². The lowest BCUT2D eigenvalue weighted by atomic mass is 10.1. The van der Waals surface area contributed by atoms with Crippen LogP contribution in [0.2, 0.25) is 0 Å². The second-order valence-corrected chi connectivity index (χ2v) is 6.47. The topological polar surface area (TPSA) is 52.3 Å². The van der Waals surface area contributed by atoms with Gasteiger partial charge >= 0.3 is 0 Å². The molecule has 1 aromatic heterocycles. The Labute approximate surface area is 169 Å². The highest BCUT2D eigenvalue weighted by Crippen LogP contribution is 2.20. The quantitative estimate of drug-likeness (QED) is 0.299. The fourth-order valence-corrected chi connectivity index (χ4v) is 2.83. The van der Waals surface area contributed by atoms with Crippen molar-refractivity contribution in [1.29, 1.82) is 0 Å². The van der Waals surface area contributed by atoms with Gasteiger partial charge in [-0.3, -0.25) is 4.79 Å². The highest BCUT2D eigenvalue weighted by atomic mass is 16.5. The summed E-state index contributed by atoms with van der Waals surface area (Å²) in [6, 6.07) is 28.5. The first-order valence-corrected chi connectivity index (χ1v) is 9.29. The molecule has 0 unspecified atom stereocenters. The van der Waals surface area contributed by atoms with E-state index in [9.17, 15) is 4.79 Å². The Morgan fingerprint density at radius 1 is 0.897 bits per heavy atom. The molecule has 0 saturated heterocycles. The van der Waals surface area contributed by atoms with E-state index < -0.39 is 0 Å². The zero-order chi connectivity index (χ0) is 19.9. The number of allylic oxidation sites excluding steroid dienone is 1. The van der Waals surface area contributed by atoms with Gasteiger partial charge in [0.2, 0.25) is 0 Å². The summed E-state index contributed by atoms with van der Waals surface area (Å²) in [7, 11) is 0. The number of nitrogens with zero attached hydrogens (tertiary/aromatic N) is 1. The third-order valence-corrected chi connectivity index (χ3v) is 4.38. The van der Waals surface area contributed by atoms with Gasteiger partial charge in [0.15, 0.2) is 11.5 Å². The summed E-state index contributed by atoms with van der Waals surface area (Å²) in [5, 5.41) is 4.07. The maximum absolute atomic E-state index is 12.3. The molecule has 0 N–H and O–H groups in total. The first-order chi connectivity index (χ1) is 14.3. The van der Waals surface area contributed by atoms with Gasteiger partial charge in [-0.15, -0.1) is 0 Å². The molecule has 4 nitrogen and oxygen atoms in total. The Morgan fingerprint density at radius 3 is 2.31 bits per heavy atom. The lowest BCUT2D eigenvalue weighted by molar-refractivity contribution is 0.104. The molecule has 0 aliphatic heterocycles. The minimum Gasteiger partial charge on any atom is -0.486 e. The molecule has 0 radical (unpaired) electrons. The number of carbonyl (C=O) groups excluding carboxylic acids is 1. The van der Waals surface area contributed by atoms with E-state index in [2.05, 4.69) is 5.16 Å². The fourth-order valence-electron chi connectivity index (χ4n) is 2.83. The summed E-state index contributed by atoms with van der Waals surface area (Å²) < 4.78 is 11.1. The molecule has 0 aliphatic rings. The number of ketones is 1. The minimum absolute atomic E-state index is 0.0526. The first-order valence-electron chi connectivity index (χ1n) is 9.29. The number of hydrogen-bond donors (Lipinski definition) is 0. The number of carbonyl (C=O) groups is 1. The summed E-state index contributed by atoms with van der Waals surface area (Å²) in [5.74, 6) is 1.24. The van der Waals surface area contributed by atoms with Crippen LogP contribution in [0.3, 0.4) is 0 Å². The second-order valence-electron chi connectivity index (χ2n) is 6.47. The van der Waals surface area contributed by atoms with E-state index in [0.29, 0.717) is 17.1 Å². The van der Waals surface area contributed by atoms with E-state index >= 15 is 0 Å². The molecule has 0 amide bonds. The fraction of sp³-hybridized carbons (Fsp3) is 0.0400. The van der Waals surface area contributed by atoms with E-state index in [1.807, 2.05) is 66.7 Å². The molecule has 1 heterocycles. The van der Waals surface area contributed by atoms with Crippen molar-refractivity contribution in [2.75, 3.05) is 0 Å². The van der Waals surface area contributed by atoms with E-state index in [1.165, 1.54) is 0 Å². The van der Waals surface area contributed by atoms with Crippen LogP contribution in [0.15, 0.2) is 102 Å². The third-order valence-electron chi connectivity index (χ3n) is 4.38. The number of rotatable bonds is 7. The van der Waals surface area contributed by atoms with Gasteiger partial charge in [-0.25, -0.2) is 0 Å². The molecule has 0 saturated carbocycles. The predicted octanol–water partition coefficient (Wildman–Crippen LogP) is 5.82. The number of aromatic nitrogens is 1. The van der Waals surface area contributed by atoms with Crippen molar-refractivity contribution in [2.24, 2.45) is 0 Å². The van der Waals surface area contributed by atoms with E-state index in [-0.39, 0.29) is 12.4 Å². The van der Waals surface area contributed by atoms with Crippen LogP contribution in [-0.4, -0.2) is 10.9 Å². The normalized spacial score (nSPS) is 10.9. The van der Waals surface area contributed by atoms with Crippen LogP contribution in [0.4, 0.5) is 0 Å². The smallest absolute Gasteiger partial charge is 0.185 e. The molecule has 0 bridgehead atoms. The summed E-state index contributed by atoms with van der Waals surface area (Å²) in [6.07, 6.45) is 3.38. The maximum atomic E-state index is 12.3. The molecule has 0 spiro atoms. The number of ether oxygens (including phenoxy) is 1. The van der Waals surface area contributed by atoms with E-state index in [1.54, 1.807) is 36.4 Å². The van der Waals surface area contributed by atoms with Crippen LogP contribution in [-0.2, 0) is 6.61 Å². The van der Waals surface area contributed by atoms with E-state index in [4.69, 9.17) is 9.26 Å². The standard InChI is InChI=1S/C25H19NO3/c27-25(16-11-19-7-3-1-4-8-19)21-12-14-22(15-13-21)28-18-23-17-24(26-29-23)20-9-5-2-6-10-20/h1-17H,18H2/b16-11+. The number of hydrogen-bond acceptors (Lipinski definition) is 4. The predicted molar refractivity (Wildman–Crippen MR) is 113 cm³/mol. The SMILES string of the molecule is O=C(/C=C/c1ccccc1)c1ccc(OCc2cc(-c3ccccc3)no2)cc1. The monoisotopic (exact) mass is 381 g/mol. The Bertz CT molecular complexity index is 1100. The van der Waals surface area contributed by atoms with Crippen molar-refractivity contribution in [1.82, 2.24) is 5.16 Å². The molecule has 29 heavy (non-hydrogen) atoms. The van der Waals surface area contributed by atoms with Gasteiger partial charge in [0.05, 0.1) is 0 Å². The average molecular weight is 381 g/mol. The van der Waals surface area contributed by atoms with E-state index in [0.717, 1.165) is 16.8 Å². The van der Waals surface area contributed by atoms with Gasteiger partial charge in [-0.2, -0.15) is 0 Å². The van der Waals surface area contributed by atoms with Crippen molar-refractivity contribution in [2.45, 2.75) is 6.61 Å². The average Bonchev–Trinajstić information content (AvgIpc) is 3.27. The molecule has 0 fully saturated rings. The van der Waals surface area contributed by atoms with Crippen molar-refractivity contribution >= 4 is 11.9 Å². The lowest BCUT2D eigenvalue weighted by Gasteiger charge is -2.04. The van der Waals surface area contributed by atoms with Crippen molar-refractivity contribution in [3.8, 4) is 17.0 Å². The van der Waals surface area contributed by atoms with Crippen LogP contribution >= 0.6 is 0 Å². The van der Waals surface area contributed by atoms with Gasteiger partial charge in [0.1, 0.15) is 18.1 Å². The molecule has 0 atom stereocenters. The minimum atomic E-state index is -0.0526. The molecular weight excluding hydrogens is 362 g/mol. The van der Waals surface area contributed by atoms with Gasteiger partial charge in [-0.1, -0.05) is 71.9 Å². The molecule has 4 rings (SSSR count). The van der Waals surface area contributed by atoms with Gasteiger partial charge in [0, 0.05) is 17.2 Å². The Kier molecular flexibility index (Phi) is 5.63. The van der Waals surface area contributed by atoms with Crippen LogP contribution in [0.25, 0.3) is 17.3 Å². The van der Waals surface area contributed by atoms with Gasteiger partial charge in [-0.05, 0) is 35.9 Å². The van der Waals surface area contributed by atoms with Crippen LogP contribution in [0.1, 0.15) is 21.7 Å². The molecule has 3 aromatic carbocycles. The zero-order valence-electron chi connectivity index (χ0n) is 15.7. The molecule has 142 valence electrons. The lowest BCUT2D eigenvalue weighted by Crippen LogP contribution is -1.96. The first kappa shape index (κ1) is 18.4. The van der Waals surface area contributed by atoms with Crippen molar-refractivity contribution in [3.63, 3.8) is 0 Å².